The second-order valence-electron chi connectivity index (χ2n) is 7.16. The van der Waals surface area contributed by atoms with E-state index in [0.29, 0.717) is 34.4 Å². The van der Waals surface area contributed by atoms with Crippen LogP contribution in [0.1, 0.15) is 11.3 Å². The van der Waals surface area contributed by atoms with Crippen LogP contribution in [-0.2, 0) is 16.4 Å². The highest BCUT2D eigenvalue weighted by Crippen LogP contribution is 2.31. The first-order chi connectivity index (χ1) is 15.2. The molecule has 0 unspecified atom stereocenters. The molecule has 1 aromatic heterocycles. The van der Waals surface area contributed by atoms with Crippen molar-refractivity contribution < 1.29 is 27.2 Å². The summed E-state index contributed by atoms with van der Waals surface area (Å²) in [5.41, 5.74) is 3.90. The van der Waals surface area contributed by atoms with Gasteiger partial charge in [0.2, 0.25) is 10.0 Å². The Kier molecular flexibility index (Phi) is 5.68. The summed E-state index contributed by atoms with van der Waals surface area (Å²) < 4.78 is 47.2. The third-order valence-corrected chi connectivity index (χ3v) is 5.90. The molecule has 0 aliphatic carbocycles. The first-order valence-corrected chi connectivity index (χ1v) is 11.0. The fourth-order valence-corrected chi connectivity index (χ4v) is 3.94. The number of phenolic OH excluding ortho intramolecular Hbond substituents is 1. The van der Waals surface area contributed by atoms with Gasteiger partial charge in [0.25, 0.3) is 0 Å². The van der Waals surface area contributed by atoms with Crippen LogP contribution in [0.15, 0.2) is 76.3 Å². The van der Waals surface area contributed by atoms with Gasteiger partial charge in [-0.2, -0.15) is 0 Å². The lowest BCUT2D eigenvalue weighted by atomic mass is 9.98. The Morgan fingerprint density at radius 3 is 2.41 bits per heavy atom. The largest absolute Gasteiger partial charge is 0.508 e. The third kappa shape index (κ3) is 4.48. The quantitative estimate of drug-likeness (QED) is 0.453. The molecule has 0 saturated carbocycles. The number of sulfonamides is 1. The number of rotatable bonds is 6. The topological polar surface area (TPSA) is 116 Å². The molecule has 0 fully saturated rings. The first-order valence-electron chi connectivity index (χ1n) is 9.48. The van der Waals surface area contributed by atoms with Crippen LogP contribution in [0.3, 0.4) is 0 Å². The van der Waals surface area contributed by atoms with Gasteiger partial charge in [0.1, 0.15) is 12.0 Å². The Balaban J connectivity index is 1.65. The van der Waals surface area contributed by atoms with Gasteiger partial charge in [-0.3, -0.25) is 0 Å². The average Bonchev–Trinajstić information content (AvgIpc) is 3.20. The normalized spacial score (nSPS) is 11.5. The second kappa shape index (κ2) is 8.45. The van der Waals surface area contributed by atoms with Gasteiger partial charge in [-0.25, -0.2) is 17.9 Å². The second-order valence-corrected chi connectivity index (χ2v) is 8.72. The number of ether oxygens (including phenoxy) is 1. The minimum atomic E-state index is -3.79. The van der Waals surface area contributed by atoms with Crippen LogP contribution in [0.5, 0.6) is 11.5 Å². The summed E-state index contributed by atoms with van der Waals surface area (Å²) in [6, 6.07) is 15.6. The Hall–Kier alpha value is -3.69. The summed E-state index contributed by atoms with van der Waals surface area (Å²) >= 11 is 0. The summed E-state index contributed by atoms with van der Waals surface area (Å²) in [7, 11) is -2.40. The van der Waals surface area contributed by atoms with Crippen LogP contribution < -0.4 is 9.88 Å². The molecule has 1 heterocycles. The van der Waals surface area contributed by atoms with Crippen molar-refractivity contribution in [1.29, 1.82) is 0 Å². The highest BCUT2D eigenvalue weighted by Gasteiger charge is 2.15. The van der Waals surface area contributed by atoms with Crippen LogP contribution >= 0.6 is 0 Å². The Labute approximate surface area is 183 Å². The predicted octanol–water partition coefficient (Wildman–Crippen LogP) is 4.10. The molecular formula is C23H19FN2O5S. The first kappa shape index (κ1) is 21.5. The van der Waals surface area contributed by atoms with E-state index in [0.717, 1.165) is 5.56 Å². The monoisotopic (exact) mass is 454 g/mol. The molecule has 0 aliphatic rings. The van der Waals surface area contributed by atoms with Crippen molar-refractivity contribution in [3.8, 4) is 33.8 Å². The summed E-state index contributed by atoms with van der Waals surface area (Å²) in [6.45, 7) is 0. The maximum atomic E-state index is 14.1. The molecule has 0 atom stereocenters. The zero-order valence-electron chi connectivity index (χ0n) is 16.9. The predicted molar refractivity (Wildman–Crippen MR) is 116 cm³/mol. The molecule has 7 nitrogen and oxygen atoms in total. The lowest BCUT2D eigenvalue weighted by Gasteiger charge is -2.09. The third-order valence-electron chi connectivity index (χ3n) is 4.97. The lowest BCUT2D eigenvalue weighted by Crippen LogP contribution is -2.11. The van der Waals surface area contributed by atoms with E-state index in [1.165, 1.54) is 37.6 Å². The number of benzene rings is 3. The van der Waals surface area contributed by atoms with Gasteiger partial charge in [-0.1, -0.05) is 29.4 Å². The molecule has 32 heavy (non-hydrogen) atoms. The number of hydrogen-bond donors (Lipinski definition) is 2. The Bertz CT molecular complexity index is 1380. The SMILES string of the molecule is COc1ccc(-c2cc(O)cc(Cc3nocc3-c3ccc(S(N)(=O)=O)cc3)c2)cc1F. The lowest BCUT2D eigenvalue weighted by molar-refractivity contribution is 0.386. The van der Waals surface area contributed by atoms with Gasteiger partial charge >= 0.3 is 0 Å². The van der Waals surface area contributed by atoms with Crippen molar-refractivity contribution in [2.24, 2.45) is 5.14 Å². The van der Waals surface area contributed by atoms with Crippen LogP contribution in [0.2, 0.25) is 0 Å². The summed E-state index contributed by atoms with van der Waals surface area (Å²) in [6.07, 6.45) is 1.78. The number of nitrogens with zero attached hydrogens (tertiary/aromatic N) is 1. The van der Waals surface area contributed by atoms with Crippen molar-refractivity contribution in [3.63, 3.8) is 0 Å². The van der Waals surface area contributed by atoms with Crippen molar-refractivity contribution in [3.05, 3.63) is 84.0 Å². The van der Waals surface area contributed by atoms with Crippen LogP contribution in [0.25, 0.3) is 22.3 Å². The molecule has 4 rings (SSSR count). The molecule has 0 aliphatic heterocycles. The van der Waals surface area contributed by atoms with E-state index < -0.39 is 15.8 Å². The number of nitrogens with two attached hydrogens (primary N) is 1. The summed E-state index contributed by atoms with van der Waals surface area (Å²) in [4.78, 5) is 0.00333. The van der Waals surface area contributed by atoms with E-state index >= 15 is 0 Å². The maximum Gasteiger partial charge on any atom is 0.238 e. The smallest absolute Gasteiger partial charge is 0.238 e. The van der Waals surface area contributed by atoms with E-state index in [9.17, 15) is 17.9 Å². The molecule has 0 bridgehead atoms. The van der Waals surface area contributed by atoms with E-state index in [2.05, 4.69) is 5.16 Å². The van der Waals surface area contributed by atoms with Crippen LogP contribution in [-0.4, -0.2) is 25.8 Å². The maximum absolute atomic E-state index is 14.1. The molecular weight excluding hydrogens is 435 g/mol. The van der Waals surface area contributed by atoms with Gasteiger partial charge < -0.3 is 14.4 Å². The van der Waals surface area contributed by atoms with Gasteiger partial charge in [0.15, 0.2) is 11.6 Å². The fourth-order valence-electron chi connectivity index (χ4n) is 3.43. The molecule has 9 heteroatoms. The van der Waals surface area contributed by atoms with Gasteiger partial charge in [0.05, 0.1) is 17.7 Å². The fraction of sp³-hybridized carbons (Fsp3) is 0.0870. The molecule has 0 amide bonds. The van der Waals surface area contributed by atoms with E-state index in [1.807, 2.05) is 6.07 Å². The molecule has 0 radical (unpaired) electrons. The molecule has 164 valence electrons. The molecule has 3 N–H and O–H groups in total. The number of halogens is 1. The van der Waals surface area contributed by atoms with Gasteiger partial charge in [-0.15, -0.1) is 0 Å². The number of phenols is 1. The highest BCUT2D eigenvalue weighted by atomic mass is 32.2. The van der Waals surface area contributed by atoms with E-state index in [-0.39, 0.29) is 16.4 Å². The standard InChI is InChI=1S/C23H19FN2O5S/c1-30-23-7-4-16(12-21(23)24)17-8-14(9-18(27)11-17)10-22-20(13-31-26-22)15-2-5-19(6-3-15)32(25,28)29/h2-9,11-13,27H,10H2,1H3,(H2,25,28,29). The van der Waals surface area contributed by atoms with Crippen molar-refractivity contribution >= 4 is 10.0 Å². The number of methoxy groups -OCH3 is 1. The van der Waals surface area contributed by atoms with E-state index in [1.54, 1.807) is 30.3 Å². The molecule has 3 aromatic carbocycles. The molecule has 4 aromatic rings. The number of aromatic hydroxyl groups is 1. The Morgan fingerprint density at radius 1 is 1.03 bits per heavy atom. The molecule has 0 saturated heterocycles. The van der Waals surface area contributed by atoms with Crippen LogP contribution in [0.4, 0.5) is 4.39 Å². The highest BCUT2D eigenvalue weighted by molar-refractivity contribution is 7.89. The number of hydrogen-bond acceptors (Lipinski definition) is 6. The summed E-state index contributed by atoms with van der Waals surface area (Å²) in [5.74, 6) is -0.345. The van der Waals surface area contributed by atoms with E-state index in [4.69, 9.17) is 14.4 Å². The minimum absolute atomic E-state index is 0.00333. The summed E-state index contributed by atoms with van der Waals surface area (Å²) in [5, 5.41) is 19.4. The zero-order valence-corrected chi connectivity index (χ0v) is 17.8. The Morgan fingerprint density at radius 2 is 1.75 bits per heavy atom. The average molecular weight is 454 g/mol. The minimum Gasteiger partial charge on any atom is -0.508 e. The van der Waals surface area contributed by atoms with Crippen molar-refractivity contribution in [2.75, 3.05) is 7.11 Å². The van der Waals surface area contributed by atoms with Gasteiger partial charge in [0, 0.05) is 12.0 Å². The van der Waals surface area contributed by atoms with Gasteiger partial charge in [-0.05, 0) is 58.7 Å². The zero-order chi connectivity index (χ0) is 22.9. The number of aromatic nitrogens is 1. The molecule has 0 spiro atoms. The van der Waals surface area contributed by atoms with Crippen LogP contribution in [0, 0.1) is 5.82 Å². The van der Waals surface area contributed by atoms with Crippen molar-refractivity contribution in [2.45, 2.75) is 11.3 Å². The number of primary sulfonamides is 1. The van der Waals surface area contributed by atoms with Crippen molar-refractivity contribution in [1.82, 2.24) is 5.16 Å².